The lowest BCUT2D eigenvalue weighted by Crippen LogP contribution is -2.20. The maximum atomic E-state index is 12.4. The van der Waals surface area contributed by atoms with Crippen molar-refractivity contribution in [1.82, 2.24) is 9.78 Å². The Labute approximate surface area is 98.2 Å². The van der Waals surface area contributed by atoms with Gasteiger partial charge in [0.1, 0.15) is 6.54 Å². The monoisotopic (exact) mass is 250 g/mol. The van der Waals surface area contributed by atoms with Crippen molar-refractivity contribution in [2.24, 2.45) is 0 Å². The zero-order valence-corrected chi connectivity index (χ0v) is 10.2. The summed E-state index contributed by atoms with van der Waals surface area (Å²) < 4.78 is 38.1. The largest absolute Gasteiger partial charge is 0.408 e. The third-order valence-electron chi connectivity index (χ3n) is 2.59. The Morgan fingerprint density at radius 3 is 2.24 bits per heavy atom. The molecule has 0 spiro atoms. The summed E-state index contributed by atoms with van der Waals surface area (Å²) in [6.45, 7) is 4.02. The number of nitrogens with zero attached hydrogens (tertiary/aromatic N) is 2. The fourth-order valence-corrected chi connectivity index (χ4v) is 1.98. The minimum Gasteiger partial charge on any atom is -0.389 e. The fraction of sp³-hybridized carbons (Fsp3) is 0.727. The Balaban J connectivity index is 3.22. The van der Waals surface area contributed by atoms with Gasteiger partial charge in [0.05, 0.1) is 11.8 Å². The number of alkyl halides is 3. The van der Waals surface area contributed by atoms with Gasteiger partial charge in [0, 0.05) is 11.3 Å². The van der Waals surface area contributed by atoms with Gasteiger partial charge in [0.15, 0.2) is 0 Å². The molecule has 0 fully saturated rings. The number of aryl methyl sites for hydroxylation is 1. The molecule has 0 aliphatic rings. The molecule has 0 aliphatic carbocycles. The average molecular weight is 250 g/mol. The van der Waals surface area contributed by atoms with E-state index in [1.54, 1.807) is 13.8 Å². The maximum absolute atomic E-state index is 12.4. The van der Waals surface area contributed by atoms with E-state index in [1.807, 2.05) is 6.92 Å². The van der Waals surface area contributed by atoms with Gasteiger partial charge in [0.2, 0.25) is 0 Å². The molecule has 0 aromatic carbocycles. The van der Waals surface area contributed by atoms with Crippen LogP contribution in [0.2, 0.25) is 0 Å². The number of rotatable bonds is 4. The molecule has 17 heavy (non-hydrogen) atoms. The van der Waals surface area contributed by atoms with Crippen molar-refractivity contribution in [3.8, 4) is 0 Å². The standard InChI is InChI=1S/C11H17F3N2O/c1-4-8-10(7(3)17)9(5-2)16(15-8)6-11(12,13)14/h7,17H,4-6H2,1-3H3. The van der Waals surface area contributed by atoms with Gasteiger partial charge in [-0.1, -0.05) is 13.8 Å². The Bertz CT molecular complexity index is 383. The van der Waals surface area contributed by atoms with Crippen molar-refractivity contribution in [2.45, 2.75) is 52.4 Å². The first-order valence-electron chi connectivity index (χ1n) is 5.63. The van der Waals surface area contributed by atoms with Gasteiger partial charge in [-0.05, 0) is 19.8 Å². The number of halogens is 3. The van der Waals surface area contributed by atoms with Gasteiger partial charge in [-0.15, -0.1) is 0 Å². The molecule has 0 radical (unpaired) electrons. The topological polar surface area (TPSA) is 38.0 Å². The van der Waals surface area contributed by atoms with Gasteiger partial charge in [0.25, 0.3) is 0 Å². The van der Waals surface area contributed by atoms with Crippen molar-refractivity contribution < 1.29 is 18.3 Å². The number of aliphatic hydroxyl groups excluding tert-OH is 1. The third kappa shape index (κ3) is 3.21. The van der Waals surface area contributed by atoms with Crippen molar-refractivity contribution in [3.63, 3.8) is 0 Å². The molecule has 0 saturated heterocycles. The molecular weight excluding hydrogens is 233 g/mol. The van der Waals surface area contributed by atoms with Crippen LogP contribution in [0.1, 0.15) is 43.8 Å². The van der Waals surface area contributed by atoms with Crippen molar-refractivity contribution in [1.29, 1.82) is 0 Å². The SMILES string of the molecule is CCc1nn(CC(F)(F)F)c(CC)c1C(C)O. The second-order valence-electron chi connectivity index (χ2n) is 3.96. The van der Waals surface area contributed by atoms with Gasteiger partial charge in [-0.2, -0.15) is 18.3 Å². The summed E-state index contributed by atoms with van der Waals surface area (Å²) in [4.78, 5) is 0. The smallest absolute Gasteiger partial charge is 0.389 e. The van der Waals surface area contributed by atoms with Crippen molar-refractivity contribution in [2.75, 3.05) is 0 Å². The second-order valence-corrected chi connectivity index (χ2v) is 3.96. The molecule has 6 heteroatoms. The molecule has 1 rings (SSSR count). The number of aromatic nitrogens is 2. The summed E-state index contributed by atoms with van der Waals surface area (Å²) in [5.41, 5.74) is 1.55. The zero-order chi connectivity index (χ0) is 13.2. The molecule has 1 N–H and O–H groups in total. The summed E-state index contributed by atoms with van der Waals surface area (Å²) in [6, 6.07) is 0. The Morgan fingerprint density at radius 1 is 1.29 bits per heavy atom. The minimum atomic E-state index is -4.29. The Kier molecular flexibility index (Phi) is 4.19. The number of hydrogen-bond acceptors (Lipinski definition) is 2. The minimum absolute atomic E-state index is 0.420. The molecule has 3 nitrogen and oxygen atoms in total. The molecule has 0 saturated carbocycles. The second kappa shape index (κ2) is 5.08. The first kappa shape index (κ1) is 14.0. The summed E-state index contributed by atoms with van der Waals surface area (Å²) in [5.74, 6) is 0. The number of aliphatic hydroxyl groups is 1. The van der Waals surface area contributed by atoms with Crippen LogP contribution in [0.25, 0.3) is 0 Å². The van der Waals surface area contributed by atoms with E-state index in [4.69, 9.17) is 0 Å². The van der Waals surface area contributed by atoms with Crippen LogP contribution in [0, 0.1) is 0 Å². The maximum Gasteiger partial charge on any atom is 0.408 e. The lowest BCUT2D eigenvalue weighted by atomic mass is 10.0. The molecule has 0 aliphatic heterocycles. The first-order valence-corrected chi connectivity index (χ1v) is 5.63. The normalized spacial score (nSPS) is 14.1. The molecule has 1 aromatic rings. The predicted octanol–water partition coefficient (Wildman–Crippen LogP) is 2.62. The summed E-state index contributed by atoms with van der Waals surface area (Å²) in [7, 11) is 0. The van der Waals surface area contributed by atoms with E-state index in [9.17, 15) is 18.3 Å². The molecule has 1 aromatic heterocycles. The zero-order valence-electron chi connectivity index (χ0n) is 10.2. The molecule has 98 valence electrons. The van der Waals surface area contributed by atoms with E-state index in [-0.39, 0.29) is 0 Å². The van der Waals surface area contributed by atoms with Crippen LogP contribution >= 0.6 is 0 Å². The van der Waals surface area contributed by atoms with Gasteiger partial charge in [-0.25, -0.2) is 0 Å². The molecule has 1 heterocycles. The highest BCUT2D eigenvalue weighted by Crippen LogP contribution is 2.26. The fourth-order valence-electron chi connectivity index (χ4n) is 1.98. The molecule has 1 unspecified atom stereocenters. The van der Waals surface area contributed by atoms with E-state index in [2.05, 4.69) is 5.10 Å². The quantitative estimate of drug-likeness (QED) is 0.892. The lowest BCUT2D eigenvalue weighted by Gasteiger charge is -2.11. The highest BCUT2D eigenvalue weighted by atomic mass is 19.4. The third-order valence-corrected chi connectivity index (χ3v) is 2.59. The Hall–Kier alpha value is -1.04. The summed E-state index contributed by atoms with van der Waals surface area (Å²) in [6.07, 6.45) is -4.15. The van der Waals surface area contributed by atoms with Crippen molar-refractivity contribution >= 4 is 0 Å². The first-order chi connectivity index (χ1) is 7.80. The van der Waals surface area contributed by atoms with Crippen LogP contribution in [0.5, 0.6) is 0 Å². The van der Waals surface area contributed by atoms with Crippen LogP contribution < -0.4 is 0 Å². The highest BCUT2D eigenvalue weighted by Gasteiger charge is 2.31. The van der Waals surface area contributed by atoms with Crippen LogP contribution in [0.15, 0.2) is 0 Å². The van der Waals surface area contributed by atoms with Gasteiger partial charge >= 0.3 is 6.18 Å². The highest BCUT2D eigenvalue weighted by molar-refractivity contribution is 5.28. The van der Waals surface area contributed by atoms with E-state index in [0.29, 0.717) is 29.8 Å². The van der Waals surface area contributed by atoms with E-state index in [1.165, 1.54) is 0 Å². The van der Waals surface area contributed by atoms with Crippen LogP contribution in [-0.2, 0) is 19.4 Å². The van der Waals surface area contributed by atoms with Crippen LogP contribution in [0.4, 0.5) is 13.2 Å². The molecule has 0 bridgehead atoms. The summed E-state index contributed by atoms with van der Waals surface area (Å²) in [5, 5.41) is 13.6. The molecule has 1 atom stereocenters. The summed E-state index contributed by atoms with van der Waals surface area (Å²) >= 11 is 0. The van der Waals surface area contributed by atoms with E-state index < -0.39 is 18.8 Å². The van der Waals surface area contributed by atoms with Crippen LogP contribution in [-0.4, -0.2) is 21.1 Å². The number of hydrogen-bond donors (Lipinski definition) is 1. The van der Waals surface area contributed by atoms with E-state index >= 15 is 0 Å². The molecular formula is C11H17F3N2O. The van der Waals surface area contributed by atoms with Gasteiger partial charge < -0.3 is 5.11 Å². The van der Waals surface area contributed by atoms with Gasteiger partial charge in [-0.3, -0.25) is 4.68 Å². The molecule has 0 amide bonds. The van der Waals surface area contributed by atoms with Crippen molar-refractivity contribution in [3.05, 3.63) is 17.0 Å². The Morgan fingerprint density at radius 2 is 1.88 bits per heavy atom. The van der Waals surface area contributed by atoms with Crippen LogP contribution in [0.3, 0.4) is 0 Å². The predicted molar refractivity (Wildman–Crippen MR) is 57.7 cm³/mol. The lowest BCUT2D eigenvalue weighted by molar-refractivity contribution is -0.143. The van der Waals surface area contributed by atoms with E-state index in [0.717, 1.165) is 4.68 Å². The average Bonchev–Trinajstić information content (AvgIpc) is 2.52.